The lowest BCUT2D eigenvalue weighted by atomic mass is 9.90. The van der Waals surface area contributed by atoms with Crippen LogP contribution in [0.3, 0.4) is 0 Å². The third-order valence-electron chi connectivity index (χ3n) is 5.90. The fourth-order valence-corrected chi connectivity index (χ4v) is 4.20. The molecule has 0 spiro atoms. The molecular weight excluding hydrogens is 494 g/mol. The number of amides is 1. The molecule has 0 bridgehead atoms. The van der Waals surface area contributed by atoms with Gasteiger partial charge in [0.1, 0.15) is 18.2 Å². The largest absolute Gasteiger partial charge is 0.483 e. The van der Waals surface area contributed by atoms with Gasteiger partial charge in [0.05, 0.1) is 6.42 Å². The molecule has 6 nitrogen and oxygen atoms in total. The average molecular weight is 517 g/mol. The summed E-state index contributed by atoms with van der Waals surface area (Å²) >= 11 is 0. The van der Waals surface area contributed by atoms with Crippen LogP contribution in [0.1, 0.15) is 22.3 Å². The molecule has 0 aromatic heterocycles. The molecule has 4 rings (SSSR count). The predicted octanol–water partition coefficient (Wildman–Crippen LogP) is 5.76. The maximum absolute atomic E-state index is 14.7. The van der Waals surface area contributed by atoms with E-state index in [9.17, 15) is 27.2 Å². The second-order valence-corrected chi connectivity index (χ2v) is 8.57. The van der Waals surface area contributed by atoms with E-state index in [0.717, 1.165) is 5.56 Å². The van der Waals surface area contributed by atoms with Gasteiger partial charge in [0.2, 0.25) is 0 Å². The minimum atomic E-state index is -4.62. The minimum Gasteiger partial charge on any atom is -0.483 e. The molecule has 0 unspecified atom stereocenters. The maximum atomic E-state index is 14.7. The number of carboxylic acids is 1. The Kier molecular flexibility index (Phi) is 7.66. The first kappa shape index (κ1) is 26.0. The van der Waals surface area contributed by atoms with Crippen LogP contribution in [0.15, 0.2) is 60.7 Å². The third-order valence-corrected chi connectivity index (χ3v) is 5.90. The molecule has 0 saturated heterocycles. The Labute approximate surface area is 210 Å². The number of aliphatic carboxylic acids is 1. The first-order valence-electron chi connectivity index (χ1n) is 11.4. The zero-order valence-electron chi connectivity index (χ0n) is 19.6. The van der Waals surface area contributed by atoms with Gasteiger partial charge in [0.25, 0.3) is 0 Å². The van der Waals surface area contributed by atoms with Crippen LogP contribution in [0.2, 0.25) is 0 Å². The molecule has 0 saturated carbocycles. The summed E-state index contributed by atoms with van der Waals surface area (Å²) in [4.78, 5) is 25.3. The van der Waals surface area contributed by atoms with Gasteiger partial charge in [-0.05, 0) is 46.4 Å². The maximum Gasteiger partial charge on any atom is 0.422 e. The van der Waals surface area contributed by atoms with Crippen molar-refractivity contribution in [2.45, 2.75) is 32.2 Å². The van der Waals surface area contributed by atoms with Gasteiger partial charge in [-0.25, -0.2) is 9.18 Å². The van der Waals surface area contributed by atoms with E-state index in [1.54, 1.807) is 0 Å². The van der Waals surface area contributed by atoms with Crippen molar-refractivity contribution in [1.29, 1.82) is 0 Å². The summed E-state index contributed by atoms with van der Waals surface area (Å²) in [5, 5.41) is 9.08. The standard InChI is InChI=1S/C27H23F4NO5/c28-23-9-8-19(21-7-6-18(13-25(33)34)12-24(21)37-16-27(29,30)31)22-14-32(11-10-20(22)23)26(35)36-15-17-4-2-1-3-5-17/h1-9,12H,10-11,13-16H2,(H,33,34). The van der Waals surface area contributed by atoms with Crippen LogP contribution in [0.25, 0.3) is 11.1 Å². The van der Waals surface area contributed by atoms with Gasteiger partial charge in [-0.1, -0.05) is 48.5 Å². The molecule has 1 aliphatic heterocycles. The van der Waals surface area contributed by atoms with Crippen molar-refractivity contribution >= 4 is 12.1 Å². The lowest BCUT2D eigenvalue weighted by molar-refractivity contribution is -0.153. The molecule has 3 aromatic carbocycles. The molecular formula is C27H23F4NO5. The van der Waals surface area contributed by atoms with E-state index in [2.05, 4.69) is 0 Å². The van der Waals surface area contributed by atoms with Gasteiger partial charge in [0.15, 0.2) is 6.61 Å². The monoisotopic (exact) mass is 517 g/mol. The summed E-state index contributed by atoms with van der Waals surface area (Å²) in [5.41, 5.74) is 2.43. The third kappa shape index (κ3) is 6.58. The number of carbonyl (C=O) groups is 2. The second-order valence-electron chi connectivity index (χ2n) is 8.57. The molecule has 194 valence electrons. The van der Waals surface area contributed by atoms with Crippen LogP contribution >= 0.6 is 0 Å². The molecule has 1 amide bonds. The fraction of sp³-hybridized carbons (Fsp3) is 0.259. The number of carboxylic acid groups (broad SMARTS) is 1. The molecule has 1 aliphatic rings. The summed E-state index contributed by atoms with van der Waals surface area (Å²) in [6, 6.07) is 15.9. The average Bonchev–Trinajstić information content (AvgIpc) is 2.86. The Morgan fingerprint density at radius 2 is 1.68 bits per heavy atom. The molecule has 1 heterocycles. The SMILES string of the molecule is O=C(O)Cc1ccc(-c2ccc(F)c3c2CN(C(=O)OCc2ccccc2)CC3)c(OCC(F)(F)F)c1. The normalized spacial score (nSPS) is 13.1. The Morgan fingerprint density at radius 3 is 2.38 bits per heavy atom. The molecule has 0 atom stereocenters. The Balaban J connectivity index is 1.65. The van der Waals surface area contributed by atoms with E-state index >= 15 is 0 Å². The minimum absolute atomic E-state index is 0.0222. The summed E-state index contributed by atoms with van der Waals surface area (Å²) in [6.07, 6.45) is -5.45. The van der Waals surface area contributed by atoms with E-state index < -0.39 is 37.1 Å². The number of halogens is 4. The van der Waals surface area contributed by atoms with Gasteiger partial charge in [-0.2, -0.15) is 13.2 Å². The van der Waals surface area contributed by atoms with Crippen molar-refractivity contribution < 1.29 is 41.7 Å². The smallest absolute Gasteiger partial charge is 0.422 e. The van der Waals surface area contributed by atoms with Gasteiger partial charge in [-0.3, -0.25) is 4.79 Å². The first-order chi connectivity index (χ1) is 17.6. The number of rotatable bonds is 7. The van der Waals surface area contributed by atoms with Crippen LogP contribution in [-0.2, 0) is 35.5 Å². The zero-order valence-corrected chi connectivity index (χ0v) is 19.6. The summed E-state index contributed by atoms with van der Waals surface area (Å²) < 4.78 is 63.9. The van der Waals surface area contributed by atoms with E-state index in [0.29, 0.717) is 16.7 Å². The van der Waals surface area contributed by atoms with E-state index in [1.807, 2.05) is 30.3 Å². The molecule has 0 fully saturated rings. The highest BCUT2D eigenvalue weighted by atomic mass is 19.4. The predicted molar refractivity (Wildman–Crippen MR) is 125 cm³/mol. The molecule has 0 aliphatic carbocycles. The van der Waals surface area contributed by atoms with Crippen LogP contribution in [0.4, 0.5) is 22.4 Å². The topological polar surface area (TPSA) is 76.1 Å². The van der Waals surface area contributed by atoms with Crippen LogP contribution in [-0.4, -0.2) is 41.4 Å². The van der Waals surface area contributed by atoms with Crippen molar-refractivity contribution in [2.24, 2.45) is 0 Å². The number of ether oxygens (including phenoxy) is 2. The lowest BCUT2D eigenvalue weighted by Gasteiger charge is -2.30. The van der Waals surface area contributed by atoms with E-state index in [4.69, 9.17) is 14.6 Å². The van der Waals surface area contributed by atoms with Crippen molar-refractivity contribution in [1.82, 2.24) is 4.90 Å². The van der Waals surface area contributed by atoms with Crippen LogP contribution in [0.5, 0.6) is 5.75 Å². The molecule has 37 heavy (non-hydrogen) atoms. The zero-order chi connectivity index (χ0) is 26.6. The van der Waals surface area contributed by atoms with Gasteiger partial charge >= 0.3 is 18.2 Å². The number of hydrogen-bond donors (Lipinski definition) is 1. The number of carbonyl (C=O) groups excluding carboxylic acids is 1. The number of fused-ring (bicyclic) bond motifs is 1. The molecule has 1 N–H and O–H groups in total. The fourth-order valence-electron chi connectivity index (χ4n) is 4.20. The van der Waals surface area contributed by atoms with E-state index in [1.165, 1.54) is 35.2 Å². The van der Waals surface area contributed by atoms with Gasteiger partial charge in [-0.15, -0.1) is 0 Å². The lowest BCUT2D eigenvalue weighted by Crippen LogP contribution is -2.37. The van der Waals surface area contributed by atoms with Crippen molar-refractivity contribution in [3.8, 4) is 16.9 Å². The number of alkyl halides is 3. The second kappa shape index (κ2) is 10.9. The van der Waals surface area contributed by atoms with Crippen LogP contribution < -0.4 is 4.74 Å². The van der Waals surface area contributed by atoms with Gasteiger partial charge < -0.3 is 19.5 Å². The summed E-state index contributed by atoms with van der Waals surface area (Å²) in [5.74, 6) is -1.83. The highest BCUT2D eigenvalue weighted by Gasteiger charge is 2.30. The number of nitrogens with zero attached hydrogens (tertiary/aromatic N) is 1. The molecule has 10 heteroatoms. The number of hydrogen-bond acceptors (Lipinski definition) is 4. The highest BCUT2D eigenvalue weighted by Crippen LogP contribution is 2.38. The Morgan fingerprint density at radius 1 is 0.946 bits per heavy atom. The molecule has 3 aromatic rings. The first-order valence-corrected chi connectivity index (χ1v) is 11.4. The van der Waals surface area contributed by atoms with Crippen molar-refractivity contribution in [2.75, 3.05) is 13.2 Å². The number of benzene rings is 3. The highest BCUT2D eigenvalue weighted by molar-refractivity contribution is 5.78. The van der Waals surface area contributed by atoms with Crippen molar-refractivity contribution in [3.05, 3.63) is 88.7 Å². The van der Waals surface area contributed by atoms with Crippen LogP contribution in [0, 0.1) is 5.82 Å². The van der Waals surface area contributed by atoms with Gasteiger partial charge in [0, 0.05) is 18.7 Å². The summed E-state index contributed by atoms with van der Waals surface area (Å²) in [7, 11) is 0. The van der Waals surface area contributed by atoms with Crippen molar-refractivity contribution in [3.63, 3.8) is 0 Å². The van der Waals surface area contributed by atoms with E-state index in [-0.39, 0.29) is 43.0 Å². The molecule has 0 radical (unpaired) electrons. The quantitative estimate of drug-likeness (QED) is 0.404. The Bertz CT molecular complexity index is 1290. The Hall–Kier alpha value is -4.08. The summed E-state index contributed by atoms with van der Waals surface area (Å²) in [6.45, 7) is -1.35.